The molecule has 0 spiro atoms. The summed E-state index contributed by atoms with van der Waals surface area (Å²) in [5, 5.41) is 3.59. The highest BCUT2D eigenvalue weighted by Crippen LogP contribution is 2.23. The molecule has 1 heterocycles. The van der Waals surface area contributed by atoms with Crippen LogP contribution in [0.2, 0.25) is 5.02 Å². The Morgan fingerprint density at radius 1 is 1.33 bits per heavy atom. The molecule has 15 heavy (non-hydrogen) atoms. The van der Waals surface area contributed by atoms with Gasteiger partial charge in [-0.3, -0.25) is 4.99 Å². The van der Waals surface area contributed by atoms with Gasteiger partial charge in [0.15, 0.2) is 0 Å². The maximum Gasteiger partial charge on any atom is 0.125 e. The third-order valence-electron chi connectivity index (χ3n) is 2.33. The third kappa shape index (κ3) is 2.69. The minimum atomic E-state index is -0.293. The molecule has 0 bridgehead atoms. The van der Waals surface area contributed by atoms with Gasteiger partial charge < -0.3 is 5.32 Å². The van der Waals surface area contributed by atoms with Gasteiger partial charge >= 0.3 is 0 Å². The van der Waals surface area contributed by atoms with E-state index in [1.165, 1.54) is 12.1 Å². The van der Waals surface area contributed by atoms with Crippen molar-refractivity contribution in [1.29, 1.82) is 0 Å². The van der Waals surface area contributed by atoms with Crippen LogP contribution in [0.4, 0.5) is 10.1 Å². The number of hydrogen-bond acceptors (Lipinski definition) is 2. The maximum atomic E-state index is 13.0. The second kappa shape index (κ2) is 4.62. The number of hydrogen-bond donors (Lipinski definition) is 1. The molecule has 80 valence electrons. The molecule has 0 unspecified atom stereocenters. The minimum absolute atomic E-state index is 0.293. The van der Waals surface area contributed by atoms with Crippen molar-refractivity contribution in [2.45, 2.75) is 19.3 Å². The molecule has 0 amide bonds. The molecule has 1 N–H and O–H groups in total. The van der Waals surface area contributed by atoms with Crippen LogP contribution in [0.1, 0.15) is 19.3 Å². The van der Waals surface area contributed by atoms with Crippen LogP contribution in [0.25, 0.3) is 0 Å². The number of anilines is 1. The molecule has 0 atom stereocenters. The van der Waals surface area contributed by atoms with Crippen LogP contribution in [0.5, 0.6) is 0 Å². The Balaban J connectivity index is 2.15. The fraction of sp³-hybridized carbons (Fsp3) is 0.364. The Hall–Kier alpha value is -1.09. The normalized spacial score (nSPS) is 16.0. The Morgan fingerprint density at radius 3 is 2.93 bits per heavy atom. The van der Waals surface area contributed by atoms with E-state index in [4.69, 9.17) is 11.6 Å². The van der Waals surface area contributed by atoms with Crippen LogP contribution in [-0.4, -0.2) is 12.4 Å². The van der Waals surface area contributed by atoms with Gasteiger partial charge in [-0.2, -0.15) is 0 Å². The molecular formula is C11H12ClFN2. The topological polar surface area (TPSA) is 24.4 Å². The monoisotopic (exact) mass is 226 g/mol. The lowest BCUT2D eigenvalue weighted by molar-refractivity contribution is 0.628. The van der Waals surface area contributed by atoms with Gasteiger partial charge in [0, 0.05) is 13.0 Å². The van der Waals surface area contributed by atoms with Gasteiger partial charge in [-0.05, 0) is 31.0 Å². The minimum Gasteiger partial charge on any atom is -0.343 e. The summed E-state index contributed by atoms with van der Waals surface area (Å²) in [7, 11) is 0. The second-order valence-electron chi connectivity index (χ2n) is 3.53. The average molecular weight is 227 g/mol. The fourth-order valence-corrected chi connectivity index (χ4v) is 1.71. The maximum absolute atomic E-state index is 13.0. The van der Waals surface area contributed by atoms with Crippen LogP contribution in [0.3, 0.4) is 0 Å². The zero-order valence-electron chi connectivity index (χ0n) is 8.26. The highest BCUT2D eigenvalue weighted by atomic mass is 35.5. The smallest absolute Gasteiger partial charge is 0.125 e. The van der Waals surface area contributed by atoms with Gasteiger partial charge in [-0.25, -0.2) is 4.39 Å². The van der Waals surface area contributed by atoms with E-state index in [1.54, 1.807) is 6.07 Å². The SMILES string of the molecule is Fc1ccc(Cl)c(NC2=NCCCC2)c1. The van der Waals surface area contributed by atoms with E-state index in [0.29, 0.717) is 10.7 Å². The molecule has 2 nitrogen and oxygen atoms in total. The number of aliphatic imine (C=N–C) groups is 1. The molecule has 2 rings (SSSR count). The summed E-state index contributed by atoms with van der Waals surface area (Å²) >= 11 is 5.93. The molecule has 4 heteroatoms. The lowest BCUT2D eigenvalue weighted by Crippen LogP contribution is -2.16. The van der Waals surface area contributed by atoms with E-state index in [2.05, 4.69) is 10.3 Å². The molecular weight excluding hydrogens is 215 g/mol. The molecule has 0 aliphatic carbocycles. The summed E-state index contributed by atoms with van der Waals surface area (Å²) in [5.41, 5.74) is 0.595. The van der Waals surface area contributed by atoms with Gasteiger partial charge in [-0.15, -0.1) is 0 Å². The molecule has 0 fully saturated rings. The van der Waals surface area contributed by atoms with Crippen molar-refractivity contribution in [3.05, 3.63) is 29.0 Å². The van der Waals surface area contributed by atoms with Crippen LogP contribution in [-0.2, 0) is 0 Å². The molecule has 0 aromatic heterocycles. The lowest BCUT2D eigenvalue weighted by atomic mass is 10.2. The van der Waals surface area contributed by atoms with Crippen LogP contribution < -0.4 is 5.32 Å². The predicted molar refractivity (Wildman–Crippen MR) is 61.2 cm³/mol. The third-order valence-corrected chi connectivity index (χ3v) is 2.66. The quantitative estimate of drug-likeness (QED) is 0.779. The van der Waals surface area contributed by atoms with E-state index < -0.39 is 0 Å². The largest absolute Gasteiger partial charge is 0.343 e. The summed E-state index contributed by atoms with van der Waals surface area (Å²) < 4.78 is 13.0. The fourth-order valence-electron chi connectivity index (χ4n) is 1.55. The summed E-state index contributed by atoms with van der Waals surface area (Å²) in [6.45, 7) is 0.843. The molecule has 0 saturated carbocycles. The first-order valence-electron chi connectivity index (χ1n) is 5.01. The molecule has 1 aliphatic heterocycles. The van der Waals surface area contributed by atoms with Crippen molar-refractivity contribution in [2.24, 2.45) is 4.99 Å². The van der Waals surface area contributed by atoms with Gasteiger partial charge in [0.1, 0.15) is 11.7 Å². The van der Waals surface area contributed by atoms with Crippen molar-refractivity contribution in [2.75, 3.05) is 11.9 Å². The molecule has 0 saturated heterocycles. The first-order chi connectivity index (χ1) is 7.25. The summed E-state index contributed by atoms with van der Waals surface area (Å²) in [5.74, 6) is 0.604. The van der Waals surface area contributed by atoms with Crippen molar-refractivity contribution in [3.8, 4) is 0 Å². The molecule has 1 aromatic rings. The Labute approximate surface area is 93.2 Å². The van der Waals surface area contributed by atoms with Crippen LogP contribution in [0, 0.1) is 5.82 Å². The van der Waals surface area contributed by atoms with Crippen molar-refractivity contribution >= 4 is 23.1 Å². The summed E-state index contributed by atoms with van der Waals surface area (Å²) in [6, 6.07) is 4.28. The zero-order chi connectivity index (χ0) is 10.7. The van der Waals surface area contributed by atoms with E-state index in [0.717, 1.165) is 31.6 Å². The predicted octanol–water partition coefficient (Wildman–Crippen LogP) is 3.47. The average Bonchev–Trinajstić information content (AvgIpc) is 2.25. The van der Waals surface area contributed by atoms with Gasteiger partial charge in [0.05, 0.1) is 10.7 Å². The van der Waals surface area contributed by atoms with Crippen molar-refractivity contribution < 1.29 is 4.39 Å². The Bertz CT molecular complexity index is 390. The lowest BCUT2D eigenvalue weighted by Gasteiger charge is -2.14. The Morgan fingerprint density at radius 2 is 2.20 bits per heavy atom. The number of benzene rings is 1. The van der Waals surface area contributed by atoms with Crippen molar-refractivity contribution in [3.63, 3.8) is 0 Å². The van der Waals surface area contributed by atoms with Crippen LogP contribution in [0.15, 0.2) is 23.2 Å². The van der Waals surface area contributed by atoms with Crippen LogP contribution >= 0.6 is 11.6 Å². The van der Waals surface area contributed by atoms with Gasteiger partial charge in [0.2, 0.25) is 0 Å². The Kier molecular flexibility index (Phi) is 3.21. The van der Waals surface area contributed by atoms with E-state index in [1.807, 2.05) is 0 Å². The molecule has 1 aromatic carbocycles. The number of nitrogens with zero attached hydrogens (tertiary/aromatic N) is 1. The summed E-state index contributed by atoms with van der Waals surface area (Å²) in [4.78, 5) is 4.32. The van der Waals surface area contributed by atoms with Gasteiger partial charge in [0.25, 0.3) is 0 Å². The van der Waals surface area contributed by atoms with E-state index >= 15 is 0 Å². The number of nitrogens with one attached hydrogen (secondary N) is 1. The second-order valence-corrected chi connectivity index (χ2v) is 3.94. The molecule has 0 radical (unpaired) electrons. The first-order valence-corrected chi connectivity index (χ1v) is 5.39. The van der Waals surface area contributed by atoms with E-state index in [-0.39, 0.29) is 5.82 Å². The first kappa shape index (κ1) is 10.4. The zero-order valence-corrected chi connectivity index (χ0v) is 9.02. The number of rotatable bonds is 1. The van der Waals surface area contributed by atoms with Crippen molar-refractivity contribution in [1.82, 2.24) is 0 Å². The van der Waals surface area contributed by atoms with Gasteiger partial charge in [-0.1, -0.05) is 11.6 Å². The van der Waals surface area contributed by atoms with E-state index in [9.17, 15) is 4.39 Å². The number of halogens is 2. The highest BCUT2D eigenvalue weighted by Gasteiger charge is 2.08. The summed E-state index contributed by atoms with van der Waals surface area (Å²) in [6.07, 6.45) is 3.16. The standard InChI is InChI=1S/C11H12ClFN2/c12-9-5-4-8(13)7-10(9)15-11-3-1-2-6-14-11/h4-5,7H,1-3,6H2,(H,14,15). The molecule has 1 aliphatic rings. The number of amidine groups is 1. The highest BCUT2D eigenvalue weighted by molar-refractivity contribution is 6.33.